The standard InChI is InChI=1S/C18H20N2O4S/c21-13-7-11(8-13)14(9-12-3-1-2-4-19-12)20-18(22)17-16-15(10-25-17)23-5-6-24-16/h1-4,10-11,13-14,21H,5-9H2,(H,20,22)/t11?,13?,14-/m1/s1. The Morgan fingerprint density at radius 1 is 1.36 bits per heavy atom. The Morgan fingerprint density at radius 3 is 2.96 bits per heavy atom. The Hall–Kier alpha value is -2.12. The van der Waals surface area contributed by atoms with E-state index in [0.29, 0.717) is 48.9 Å². The third-order valence-electron chi connectivity index (χ3n) is 4.70. The fourth-order valence-corrected chi connectivity index (χ4v) is 4.12. The van der Waals surface area contributed by atoms with E-state index in [2.05, 4.69) is 10.3 Å². The monoisotopic (exact) mass is 360 g/mol. The molecule has 0 radical (unpaired) electrons. The van der Waals surface area contributed by atoms with E-state index in [1.54, 1.807) is 6.20 Å². The van der Waals surface area contributed by atoms with Crippen LogP contribution in [0.2, 0.25) is 0 Å². The molecule has 2 N–H and O–H groups in total. The number of nitrogens with one attached hydrogen (secondary N) is 1. The van der Waals surface area contributed by atoms with Gasteiger partial charge in [-0.1, -0.05) is 6.07 Å². The van der Waals surface area contributed by atoms with Crippen LogP contribution in [0.4, 0.5) is 0 Å². The first-order chi connectivity index (χ1) is 12.2. The molecule has 2 aliphatic rings. The van der Waals surface area contributed by atoms with Gasteiger partial charge in [0.15, 0.2) is 11.5 Å². The number of thiophene rings is 1. The lowest BCUT2D eigenvalue weighted by Gasteiger charge is -2.38. The van der Waals surface area contributed by atoms with Gasteiger partial charge in [0.2, 0.25) is 0 Å². The number of nitrogens with zero attached hydrogens (tertiary/aromatic N) is 1. The van der Waals surface area contributed by atoms with E-state index >= 15 is 0 Å². The van der Waals surface area contributed by atoms with Gasteiger partial charge in [0, 0.05) is 29.7 Å². The predicted molar refractivity (Wildman–Crippen MR) is 93.2 cm³/mol. The molecular weight excluding hydrogens is 340 g/mol. The minimum Gasteiger partial charge on any atom is -0.485 e. The molecule has 6 nitrogen and oxygen atoms in total. The van der Waals surface area contributed by atoms with E-state index in [9.17, 15) is 9.90 Å². The Kier molecular flexibility index (Phi) is 4.59. The SMILES string of the molecule is O=C(N[C@H](Cc1ccccn1)C1CC(O)C1)c1scc2c1OCCO2. The van der Waals surface area contributed by atoms with Gasteiger partial charge in [-0.2, -0.15) is 0 Å². The summed E-state index contributed by atoms with van der Waals surface area (Å²) in [7, 11) is 0. The zero-order chi connectivity index (χ0) is 17.2. The van der Waals surface area contributed by atoms with Gasteiger partial charge in [-0.15, -0.1) is 11.3 Å². The minimum absolute atomic E-state index is 0.0620. The molecule has 25 heavy (non-hydrogen) atoms. The third-order valence-corrected chi connectivity index (χ3v) is 5.64. The van der Waals surface area contributed by atoms with E-state index in [0.717, 1.165) is 5.69 Å². The van der Waals surface area contributed by atoms with Gasteiger partial charge in [0.05, 0.1) is 6.10 Å². The molecule has 1 fully saturated rings. The smallest absolute Gasteiger partial charge is 0.265 e. The van der Waals surface area contributed by atoms with Crippen LogP contribution in [-0.2, 0) is 6.42 Å². The van der Waals surface area contributed by atoms with Gasteiger partial charge in [-0.3, -0.25) is 9.78 Å². The fraction of sp³-hybridized carbons (Fsp3) is 0.444. The quantitative estimate of drug-likeness (QED) is 0.853. The maximum Gasteiger partial charge on any atom is 0.265 e. The van der Waals surface area contributed by atoms with Crippen LogP contribution in [0.15, 0.2) is 29.8 Å². The minimum atomic E-state index is -0.264. The van der Waals surface area contributed by atoms with Crippen LogP contribution in [0.25, 0.3) is 0 Å². The molecule has 4 rings (SSSR count). The van der Waals surface area contributed by atoms with E-state index in [4.69, 9.17) is 9.47 Å². The van der Waals surface area contributed by atoms with Crippen molar-refractivity contribution >= 4 is 17.2 Å². The Morgan fingerprint density at radius 2 is 2.20 bits per heavy atom. The lowest BCUT2D eigenvalue weighted by atomic mass is 9.76. The number of rotatable bonds is 5. The van der Waals surface area contributed by atoms with E-state index in [-0.39, 0.29) is 24.0 Å². The van der Waals surface area contributed by atoms with Crippen molar-refractivity contribution in [2.75, 3.05) is 13.2 Å². The van der Waals surface area contributed by atoms with Crippen molar-refractivity contribution in [2.24, 2.45) is 5.92 Å². The molecule has 1 atom stereocenters. The number of hydrogen-bond acceptors (Lipinski definition) is 6. The Balaban J connectivity index is 1.50. The van der Waals surface area contributed by atoms with E-state index < -0.39 is 0 Å². The molecule has 132 valence electrons. The highest BCUT2D eigenvalue weighted by Crippen LogP contribution is 2.39. The molecule has 1 aliphatic carbocycles. The highest BCUT2D eigenvalue weighted by Gasteiger charge is 2.36. The van der Waals surface area contributed by atoms with Gasteiger partial charge < -0.3 is 19.9 Å². The summed E-state index contributed by atoms with van der Waals surface area (Å²) in [5.41, 5.74) is 0.932. The number of aliphatic hydroxyl groups is 1. The van der Waals surface area contributed by atoms with Crippen LogP contribution in [0.1, 0.15) is 28.2 Å². The molecule has 1 aliphatic heterocycles. The first kappa shape index (κ1) is 16.4. The molecule has 0 aromatic carbocycles. The Labute approximate surface area is 149 Å². The number of pyridine rings is 1. The molecule has 3 heterocycles. The summed E-state index contributed by atoms with van der Waals surface area (Å²) in [6, 6.07) is 5.71. The maximum atomic E-state index is 12.8. The van der Waals surface area contributed by atoms with Crippen molar-refractivity contribution in [1.29, 1.82) is 0 Å². The molecule has 0 bridgehead atoms. The van der Waals surface area contributed by atoms with Crippen molar-refractivity contribution < 1.29 is 19.4 Å². The molecule has 1 saturated carbocycles. The second-order valence-electron chi connectivity index (χ2n) is 6.45. The van der Waals surface area contributed by atoms with Crippen molar-refractivity contribution in [3.8, 4) is 11.5 Å². The average molecular weight is 360 g/mol. The van der Waals surface area contributed by atoms with Crippen molar-refractivity contribution in [1.82, 2.24) is 10.3 Å². The molecule has 0 unspecified atom stereocenters. The van der Waals surface area contributed by atoms with Crippen LogP contribution in [0.5, 0.6) is 11.5 Å². The second kappa shape index (κ2) is 7.01. The molecule has 1 amide bonds. The lowest BCUT2D eigenvalue weighted by Crippen LogP contribution is -2.48. The zero-order valence-electron chi connectivity index (χ0n) is 13.7. The summed E-state index contributed by atoms with van der Waals surface area (Å²) in [4.78, 5) is 17.7. The Bertz CT molecular complexity index is 743. The van der Waals surface area contributed by atoms with Crippen molar-refractivity contribution in [2.45, 2.75) is 31.4 Å². The summed E-state index contributed by atoms with van der Waals surface area (Å²) in [6.45, 7) is 0.962. The fourth-order valence-electron chi connectivity index (χ4n) is 3.29. The second-order valence-corrected chi connectivity index (χ2v) is 7.33. The number of carbonyl (C=O) groups excluding carboxylic acids is 1. The van der Waals surface area contributed by atoms with E-state index in [1.807, 2.05) is 23.6 Å². The third kappa shape index (κ3) is 3.48. The summed E-state index contributed by atoms with van der Waals surface area (Å²) >= 11 is 1.33. The van der Waals surface area contributed by atoms with Crippen LogP contribution in [-0.4, -0.2) is 41.4 Å². The molecule has 2 aromatic rings. The predicted octanol–water partition coefficient (Wildman–Crippen LogP) is 2.03. The van der Waals surface area contributed by atoms with E-state index in [1.165, 1.54) is 11.3 Å². The van der Waals surface area contributed by atoms with Gasteiger partial charge in [-0.25, -0.2) is 0 Å². The topological polar surface area (TPSA) is 80.7 Å². The van der Waals surface area contributed by atoms with Gasteiger partial charge in [0.1, 0.15) is 18.1 Å². The number of aliphatic hydroxyl groups excluding tert-OH is 1. The lowest BCUT2D eigenvalue weighted by molar-refractivity contribution is 0.0237. The summed E-state index contributed by atoms with van der Waals surface area (Å²) in [5.74, 6) is 1.29. The summed E-state index contributed by atoms with van der Waals surface area (Å²) < 4.78 is 11.1. The first-order valence-electron chi connectivity index (χ1n) is 8.46. The molecule has 0 spiro atoms. The van der Waals surface area contributed by atoms with Gasteiger partial charge in [0.25, 0.3) is 5.91 Å². The zero-order valence-corrected chi connectivity index (χ0v) is 14.5. The summed E-state index contributed by atoms with van der Waals surface area (Å²) in [6.07, 6.45) is 3.55. The molecule has 2 aromatic heterocycles. The van der Waals surface area contributed by atoms with Crippen molar-refractivity contribution in [3.63, 3.8) is 0 Å². The normalized spacial score (nSPS) is 22.8. The van der Waals surface area contributed by atoms with Gasteiger partial charge in [-0.05, 0) is 30.9 Å². The largest absolute Gasteiger partial charge is 0.485 e. The average Bonchev–Trinajstić information content (AvgIpc) is 3.03. The maximum absolute atomic E-state index is 12.8. The summed E-state index contributed by atoms with van der Waals surface area (Å²) in [5, 5.41) is 14.6. The van der Waals surface area contributed by atoms with Crippen LogP contribution < -0.4 is 14.8 Å². The number of aromatic nitrogens is 1. The number of fused-ring (bicyclic) bond motifs is 1. The highest BCUT2D eigenvalue weighted by atomic mass is 32.1. The number of amides is 1. The molecule has 7 heteroatoms. The molecule has 0 saturated heterocycles. The van der Waals surface area contributed by atoms with Crippen LogP contribution in [0.3, 0.4) is 0 Å². The first-order valence-corrected chi connectivity index (χ1v) is 9.34. The van der Waals surface area contributed by atoms with Crippen LogP contribution >= 0.6 is 11.3 Å². The highest BCUT2D eigenvalue weighted by molar-refractivity contribution is 7.12. The van der Waals surface area contributed by atoms with Crippen molar-refractivity contribution in [3.05, 3.63) is 40.3 Å². The molecular formula is C18H20N2O4S. The van der Waals surface area contributed by atoms with Gasteiger partial charge >= 0.3 is 0 Å². The number of carbonyl (C=O) groups is 1. The number of ether oxygens (including phenoxy) is 2. The number of hydrogen-bond donors (Lipinski definition) is 2. The van der Waals surface area contributed by atoms with Crippen LogP contribution in [0, 0.1) is 5.92 Å².